The number of allylic oxidation sites excluding steroid dienone is 1. The summed E-state index contributed by atoms with van der Waals surface area (Å²) >= 11 is 7.55. The lowest BCUT2D eigenvalue weighted by Crippen LogP contribution is -2.38. The van der Waals surface area contributed by atoms with Gasteiger partial charge in [0.25, 0.3) is 0 Å². The number of carbonyl (C=O) groups is 2. The molecule has 182 valence electrons. The second-order valence-corrected chi connectivity index (χ2v) is 9.12. The topological polar surface area (TPSA) is 93.1 Å². The van der Waals surface area contributed by atoms with Crippen LogP contribution in [0.1, 0.15) is 30.6 Å². The molecule has 0 radical (unpaired) electrons. The highest BCUT2D eigenvalue weighted by Gasteiger charge is 2.41. The third-order valence-corrected chi connectivity index (χ3v) is 6.60. The highest BCUT2D eigenvalue weighted by Crippen LogP contribution is 2.44. The second-order valence-electron chi connectivity index (χ2n) is 7.85. The van der Waals surface area contributed by atoms with Gasteiger partial charge in [-0.15, -0.1) is 0 Å². The van der Waals surface area contributed by atoms with Crippen molar-refractivity contribution in [1.82, 2.24) is 15.2 Å². The lowest BCUT2D eigenvalue weighted by atomic mass is 9.94. The number of nitrogens with one attached hydrogen (secondary N) is 1. The monoisotopic (exact) mass is 512 g/mol. The Balaban J connectivity index is 1.59. The number of nitrogens with zero attached hydrogens (tertiary/aromatic N) is 3. The molecule has 10 heteroatoms. The predicted molar refractivity (Wildman–Crippen MR) is 135 cm³/mol. The van der Waals surface area contributed by atoms with Gasteiger partial charge in [0, 0.05) is 24.0 Å². The third-order valence-electron chi connectivity index (χ3n) is 5.46. The second kappa shape index (κ2) is 11.5. The molecule has 8 nitrogen and oxygen atoms in total. The summed E-state index contributed by atoms with van der Waals surface area (Å²) in [6.45, 7) is 2.54. The molecule has 1 unspecified atom stereocenters. The number of methoxy groups -OCH3 is 1. The summed E-state index contributed by atoms with van der Waals surface area (Å²) in [4.78, 5) is 36.8. The molecule has 1 aromatic carbocycles. The van der Waals surface area contributed by atoms with Crippen LogP contribution in [0, 0.1) is 0 Å². The Bertz CT molecular complexity index is 1180. The summed E-state index contributed by atoms with van der Waals surface area (Å²) < 4.78 is 10.5. The number of halogens is 1. The molecule has 0 aliphatic carbocycles. The van der Waals surface area contributed by atoms with E-state index in [9.17, 15) is 9.59 Å². The Morgan fingerprint density at radius 1 is 1.17 bits per heavy atom. The Morgan fingerprint density at radius 3 is 2.69 bits per heavy atom. The molecule has 1 atom stereocenters. The van der Waals surface area contributed by atoms with Crippen molar-refractivity contribution in [2.45, 2.75) is 25.9 Å². The van der Waals surface area contributed by atoms with Gasteiger partial charge in [-0.25, -0.2) is 9.79 Å². The molecule has 1 N–H and O–H groups in total. The van der Waals surface area contributed by atoms with E-state index in [1.54, 1.807) is 32.4 Å². The van der Waals surface area contributed by atoms with Crippen LogP contribution >= 0.6 is 23.4 Å². The number of benzene rings is 1. The predicted octanol–water partition coefficient (Wildman–Crippen LogP) is 4.21. The van der Waals surface area contributed by atoms with E-state index in [4.69, 9.17) is 21.1 Å². The van der Waals surface area contributed by atoms with E-state index in [0.717, 1.165) is 17.0 Å². The van der Waals surface area contributed by atoms with Crippen molar-refractivity contribution in [2.24, 2.45) is 4.99 Å². The zero-order valence-corrected chi connectivity index (χ0v) is 20.9. The number of amides is 1. The van der Waals surface area contributed by atoms with Gasteiger partial charge in [0.1, 0.15) is 6.61 Å². The maximum Gasteiger partial charge on any atom is 0.338 e. The lowest BCUT2D eigenvalue weighted by molar-refractivity contribution is -0.141. The number of pyridine rings is 1. The van der Waals surface area contributed by atoms with Gasteiger partial charge in [-0.1, -0.05) is 41.6 Å². The van der Waals surface area contributed by atoms with E-state index in [2.05, 4.69) is 15.3 Å². The molecule has 0 saturated carbocycles. The Hall–Kier alpha value is -3.14. The van der Waals surface area contributed by atoms with Crippen molar-refractivity contribution < 1.29 is 19.1 Å². The van der Waals surface area contributed by atoms with Crippen LogP contribution in [-0.4, -0.2) is 47.3 Å². The first kappa shape index (κ1) is 25.0. The molecule has 0 bridgehead atoms. The average Bonchev–Trinajstić information content (AvgIpc) is 3.25. The van der Waals surface area contributed by atoms with Crippen LogP contribution in [0.2, 0.25) is 5.02 Å². The van der Waals surface area contributed by atoms with Gasteiger partial charge < -0.3 is 19.7 Å². The number of amidine groups is 1. The summed E-state index contributed by atoms with van der Waals surface area (Å²) in [5.74, 6) is -0.632. The van der Waals surface area contributed by atoms with Gasteiger partial charge in [-0.05, 0) is 42.2 Å². The van der Waals surface area contributed by atoms with E-state index in [0.29, 0.717) is 34.6 Å². The highest BCUT2D eigenvalue weighted by molar-refractivity contribution is 8.16. The summed E-state index contributed by atoms with van der Waals surface area (Å²) in [6, 6.07) is 12.3. The van der Waals surface area contributed by atoms with E-state index < -0.39 is 12.0 Å². The molecule has 2 aromatic rings. The highest BCUT2D eigenvalue weighted by atomic mass is 35.5. The largest absolute Gasteiger partial charge is 0.460 e. The van der Waals surface area contributed by atoms with E-state index >= 15 is 0 Å². The van der Waals surface area contributed by atoms with Crippen LogP contribution in [0.15, 0.2) is 76.0 Å². The van der Waals surface area contributed by atoms with Crippen molar-refractivity contribution >= 4 is 40.4 Å². The van der Waals surface area contributed by atoms with Crippen LogP contribution in [-0.2, 0) is 25.6 Å². The van der Waals surface area contributed by atoms with Crippen LogP contribution in [0.25, 0.3) is 0 Å². The smallest absolute Gasteiger partial charge is 0.338 e. The summed E-state index contributed by atoms with van der Waals surface area (Å²) in [7, 11) is 1.55. The molecule has 3 heterocycles. The maximum absolute atomic E-state index is 13.1. The quantitative estimate of drug-likeness (QED) is 0.397. The van der Waals surface area contributed by atoms with Gasteiger partial charge in [-0.3, -0.25) is 9.78 Å². The molecule has 1 aromatic heterocycles. The number of fused-ring (bicyclic) bond motifs is 1. The minimum Gasteiger partial charge on any atom is -0.460 e. The van der Waals surface area contributed by atoms with Gasteiger partial charge in [-0.2, -0.15) is 0 Å². The number of rotatable bonds is 9. The van der Waals surface area contributed by atoms with Gasteiger partial charge in [0.05, 0.1) is 42.6 Å². The molecule has 4 rings (SSSR count). The number of carbonyl (C=O) groups excluding carboxylic acids is 2. The molecule has 0 spiro atoms. The molecule has 0 saturated heterocycles. The standard InChI is InChI=1S/C25H25ClN4O4S/c1-16-22(24(32)34-12-11-33-2)23(17-6-8-18(26)9-7-17)30-20(15-35-25(30)29-16)13-21(31)28-14-19-5-3-4-10-27-19/h3-10,15,23H,11-14H2,1-2H3,(H,28,31). The first-order valence-corrected chi connectivity index (χ1v) is 12.3. The number of hydrogen-bond donors (Lipinski definition) is 1. The van der Waals surface area contributed by atoms with E-state index in [1.165, 1.54) is 11.8 Å². The number of hydrogen-bond acceptors (Lipinski definition) is 8. The first-order valence-electron chi connectivity index (χ1n) is 11.0. The third kappa shape index (κ3) is 5.93. The minimum absolute atomic E-state index is 0.119. The maximum atomic E-state index is 13.1. The minimum atomic E-state index is -0.514. The number of aliphatic imine (C=N–C) groups is 1. The van der Waals surface area contributed by atoms with Crippen molar-refractivity contribution in [3.05, 3.63) is 87.3 Å². The fourth-order valence-corrected chi connectivity index (χ4v) is 4.90. The van der Waals surface area contributed by atoms with Crippen molar-refractivity contribution in [3.63, 3.8) is 0 Å². The normalized spacial score (nSPS) is 17.0. The molecular formula is C25H25ClN4O4S. The Morgan fingerprint density at radius 2 is 1.97 bits per heavy atom. The fourth-order valence-electron chi connectivity index (χ4n) is 3.81. The molecule has 0 fully saturated rings. The first-order chi connectivity index (χ1) is 17.0. The summed E-state index contributed by atoms with van der Waals surface area (Å²) in [5, 5.41) is 6.09. The van der Waals surface area contributed by atoms with Crippen LogP contribution in [0.5, 0.6) is 0 Å². The number of thioether (sulfide) groups is 1. The molecule has 2 aliphatic heterocycles. The van der Waals surface area contributed by atoms with Gasteiger partial charge in [0.2, 0.25) is 5.91 Å². The molecular weight excluding hydrogens is 488 g/mol. The fraction of sp³-hybridized carbons (Fsp3) is 0.280. The number of aromatic nitrogens is 1. The average molecular weight is 513 g/mol. The van der Waals surface area contributed by atoms with E-state index in [1.807, 2.05) is 40.6 Å². The molecule has 2 aliphatic rings. The lowest BCUT2D eigenvalue weighted by Gasteiger charge is -2.36. The Kier molecular flexibility index (Phi) is 8.22. The Labute approximate surface area is 213 Å². The van der Waals surface area contributed by atoms with Crippen LogP contribution < -0.4 is 5.32 Å². The van der Waals surface area contributed by atoms with Crippen LogP contribution in [0.3, 0.4) is 0 Å². The van der Waals surface area contributed by atoms with Crippen molar-refractivity contribution in [1.29, 1.82) is 0 Å². The van der Waals surface area contributed by atoms with Crippen LogP contribution in [0.4, 0.5) is 0 Å². The van der Waals surface area contributed by atoms with Crippen molar-refractivity contribution in [2.75, 3.05) is 20.3 Å². The summed E-state index contributed by atoms with van der Waals surface area (Å²) in [6.07, 6.45) is 1.81. The van der Waals surface area contributed by atoms with Gasteiger partial charge in [0.15, 0.2) is 5.17 Å². The zero-order chi connectivity index (χ0) is 24.8. The summed E-state index contributed by atoms with van der Waals surface area (Å²) in [5.41, 5.74) is 3.33. The molecule has 35 heavy (non-hydrogen) atoms. The van der Waals surface area contributed by atoms with E-state index in [-0.39, 0.29) is 18.9 Å². The van der Waals surface area contributed by atoms with Crippen molar-refractivity contribution in [3.8, 4) is 0 Å². The number of esters is 1. The molecule has 1 amide bonds. The zero-order valence-electron chi connectivity index (χ0n) is 19.4. The van der Waals surface area contributed by atoms with Gasteiger partial charge >= 0.3 is 5.97 Å². The number of ether oxygens (including phenoxy) is 2. The SMILES string of the molecule is COCCOC(=O)C1=C(C)N=C2SC=C(CC(=O)NCc3ccccn3)N2C1c1ccc(Cl)cc1.